The van der Waals surface area contributed by atoms with Crippen molar-refractivity contribution in [2.24, 2.45) is 0 Å². The standard InChI is InChI=1S/C17H23NO4S/c1-6-23(21,22)14-8-7-12(11(2)19)13-9-10-18(17(3,4)5)16(20)15(13)14/h7-8H,6,9-10H2,1-5H3. The quantitative estimate of drug-likeness (QED) is 0.795. The Labute approximate surface area is 137 Å². The minimum atomic E-state index is -3.54. The highest BCUT2D eigenvalue weighted by Gasteiger charge is 2.37. The molecule has 1 aliphatic heterocycles. The number of ketones is 1. The van der Waals surface area contributed by atoms with Gasteiger partial charge in [0.05, 0.1) is 16.2 Å². The normalized spacial score (nSPS) is 15.5. The molecule has 0 saturated heterocycles. The predicted molar refractivity (Wildman–Crippen MR) is 88.7 cm³/mol. The van der Waals surface area contributed by atoms with Crippen molar-refractivity contribution >= 4 is 21.5 Å². The van der Waals surface area contributed by atoms with E-state index in [2.05, 4.69) is 0 Å². The van der Waals surface area contributed by atoms with Crippen LogP contribution in [0.4, 0.5) is 0 Å². The second kappa shape index (κ2) is 5.74. The van der Waals surface area contributed by atoms with Gasteiger partial charge in [0.15, 0.2) is 15.6 Å². The molecule has 126 valence electrons. The Morgan fingerprint density at radius 1 is 1.26 bits per heavy atom. The SMILES string of the molecule is CCS(=O)(=O)c1ccc(C(C)=O)c2c1C(=O)N(C(C)(C)C)CC2. The molecular weight excluding hydrogens is 314 g/mol. The minimum Gasteiger partial charge on any atom is -0.333 e. The van der Waals surface area contributed by atoms with Gasteiger partial charge in [0.2, 0.25) is 0 Å². The first kappa shape index (κ1) is 17.7. The Morgan fingerprint density at radius 3 is 2.35 bits per heavy atom. The van der Waals surface area contributed by atoms with E-state index in [0.29, 0.717) is 24.1 Å². The molecule has 6 heteroatoms. The first-order chi connectivity index (χ1) is 10.5. The van der Waals surface area contributed by atoms with E-state index in [-0.39, 0.29) is 27.9 Å². The number of fused-ring (bicyclic) bond motifs is 1. The second-order valence-corrected chi connectivity index (χ2v) is 9.05. The highest BCUT2D eigenvalue weighted by atomic mass is 32.2. The summed E-state index contributed by atoms with van der Waals surface area (Å²) >= 11 is 0. The van der Waals surface area contributed by atoms with E-state index in [0.717, 1.165) is 0 Å². The number of carbonyl (C=O) groups is 2. The van der Waals surface area contributed by atoms with Gasteiger partial charge in [-0.1, -0.05) is 6.92 Å². The number of sulfone groups is 1. The van der Waals surface area contributed by atoms with Crippen LogP contribution >= 0.6 is 0 Å². The van der Waals surface area contributed by atoms with Crippen LogP contribution in [0.5, 0.6) is 0 Å². The van der Waals surface area contributed by atoms with Gasteiger partial charge in [-0.25, -0.2) is 8.42 Å². The Balaban J connectivity index is 2.78. The molecule has 1 aromatic carbocycles. The van der Waals surface area contributed by atoms with E-state index in [1.165, 1.54) is 19.1 Å². The van der Waals surface area contributed by atoms with Crippen LogP contribution in [0, 0.1) is 0 Å². The molecule has 0 fully saturated rings. The predicted octanol–water partition coefficient (Wildman–Crippen LogP) is 2.48. The number of Topliss-reactive ketones (excluding diaryl/α,β-unsaturated/α-hetero) is 1. The molecule has 1 heterocycles. The maximum absolute atomic E-state index is 13.0. The van der Waals surface area contributed by atoms with Crippen LogP contribution in [0.15, 0.2) is 17.0 Å². The number of carbonyl (C=O) groups excluding carboxylic acids is 2. The summed E-state index contributed by atoms with van der Waals surface area (Å²) in [6.07, 6.45) is 0.486. The zero-order valence-electron chi connectivity index (χ0n) is 14.3. The average Bonchev–Trinajstić information content (AvgIpc) is 2.44. The van der Waals surface area contributed by atoms with Crippen molar-refractivity contribution in [1.29, 1.82) is 0 Å². The number of nitrogens with zero attached hydrogens (tertiary/aromatic N) is 1. The molecule has 1 amide bonds. The number of rotatable bonds is 3. The summed E-state index contributed by atoms with van der Waals surface area (Å²) in [5.74, 6) is -0.547. The molecule has 5 nitrogen and oxygen atoms in total. The van der Waals surface area contributed by atoms with Gasteiger partial charge in [-0.05, 0) is 51.8 Å². The first-order valence-corrected chi connectivity index (χ1v) is 9.37. The van der Waals surface area contributed by atoms with Crippen molar-refractivity contribution in [3.63, 3.8) is 0 Å². The van der Waals surface area contributed by atoms with Crippen LogP contribution in [-0.2, 0) is 16.3 Å². The van der Waals surface area contributed by atoms with Gasteiger partial charge in [-0.15, -0.1) is 0 Å². The lowest BCUT2D eigenvalue weighted by molar-refractivity contribution is 0.0557. The van der Waals surface area contributed by atoms with Gasteiger partial charge in [0.1, 0.15) is 0 Å². The smallest absolute Gasteiger partial charge is 0.255 e. The van der Waals surface area contributed by atoms with Crippen LogP contribution in [-0.4, -0.2) is 42.8 Å². The fourth-order valence-corrected chi connectivity index (χ4v) is 4.07. The van der Waals surface area contributed by atoms with Crippen LogP contribution in [0.2, 0.25) is 0 Å². The minimum absolute atomic E-state index is 0.0407. The molecule has 23 heavy (non-hydrogen) atoms. The van der Waals surface area contributed by atoms with Crippen LogP contribution in [0.3, 0.4) is 0 Å². The monoisotopic (exact) mass is 337 g/mol. The third-order valence-electron chi connectivity index (χ3n) is 4.22. The van der Waals surface area contributed by atoms with Gasteiger partial charge in [-0.2, -0.15) is 0 Å². The zero-order chi connectivity index (χ0) is 17.6. The first-order valence-electron chi connectivity index (χ1n) is 7.72. The van der Waals surface area contributed by atoms with E-state index < -0.39 is 15.4 Å². The number of hydrogen-bond donors (Lipinski definition) is 0. The molecular formula is C17H23NO4S. The molecule has 1 aliphatic rings. The second-order valence-electron chi connectivity index (χ2n) is 6.80. The summed E-state index contributed by atoms with van der Waals surface area (Å²) in [5.41, 5.74) is 0.782. The molecule has 1 aromatic rings. The lowest BCUT2D eigenvalue weighted by Gasteiger charge is -2.40. The molecule has 0 radical (unpaired) electrons. The Bertz CT molecular complexity index is 773. The summed E-state index contributed by atoms with van der Waals surface area (Å²) < 4.78 is 24.8. The van der Waals surface area contributed by atoms with E-state index >= 15 is 0 Å². The Kier molecular flexibility index (Phi) is 4.41. The van der Waals surface area contributed by atoms with Gasteiger partial charge in [-0.3, -0.25) is 9.59 Å². The van der Waals surface area contributed by atoms with Crippen LogP contribution in [0.1, 0.15) is 60.9 Å². The average molecular weight is 337 g/mol. The topological polar surface area (TPSA) is 71.5 Å². The molecule has 0 atom stereocenters. The van der Waals surface area contributed by atoms with E-state index in [1.54, 1.807) is 11.8 Å². The van der Waals surface area contributed by atoms with Crippen LogP contribution < -0.4 is 0 Å². The van der Waals surface area contributed by atoms with Gasteiger partial charge in [0.25, 0.3) is 5.91 Å². The van der Waals surface area contributed by atoms with E-state index in [1.807, 2.05) is 20.8 Å². The van der Waals surface area contributed by atoms with Crippen molar-refractivity contribution in [3.05, 3.63) is 28.8 Å². The van der Waals surface area contributed by atoms with Crippen molar-refractivity contribution in [1.82, 2.24) is 4.90 Å². The maximum Gasteiger partial charge on any atom is 0.255 e. The summed E-state index contributed by atoms with van der Waals surface area (Å²) in [5, 5.41) is 0. The highest BCUT2D eigenvalue weighted by Crippen LogP contribution is 2.32. The van der Waals surface area contributed by atoms with Crippen LogP contribution in [0.25, 0.3) is 0 Å². The molecule has 0 unspecified atom stereocenters. The van der Waals surface area contributed by atoms with E-state index in [9.17, 15) is 18.0 Å². The lowest BCUT2D eigenvalue weighted by Crippen LogP contribution is -2.50. The van der Waals surface area contributed by atoms with Gasteiger partial charge >= 0.3 is 0 Å². The molecule has 0 spiro atoms. The maximum atomic E-state index is 13.0. The summed E-state index contributed by atoms with van der Waals surface area (Å²) in [4.78, 5) is 26.5. The largest absolute Gasteiger partial charge is 0.333 e. The van der Waals surface area contributed by atoms with Crippen molar-refractivity contribution in [3.8, 4) is 0 Å². The lowest BCUT2D eigenvalue weighted by atomic mass is 9.90. The molecule has 0 aromatic heterocycles. The molecule has 0 bridgehead atoms. The third kappa shape index (κ3) is 3.04. The number of amides is 1. The summed E-state index contributed by atoms with van der Waals surface area (Å²) in [6.45, 7) is 9.21. The molecule has 0 aliphatic carbocycles. The van der Waals surface area contributed by atoms with Gasteiger partial charge < -0.3 is 4.90 Å². The number of benzene rings is 1. The third-order valence-corrected chi connectivity index (χ3v) is 5.99. The zero-order valence-corrected chi connectivity index (χ0v) is 15.1. The fraction of sp³-hybridized carbons (Fsp3) is 0.529. The number of hydrogen-bond acceptors (Lipinski definition) is 4. The molecule has 2 rings (SSSR count). The van der Waals surface area contributed by atoms with Gasteiger partial charge in [0, 0.05) is 17.6 Å². The Morgan fingerprint density at radius 2 is 1.87 bits per heavy atom. The van der Waals surface area contributed by atoms with Crippen molar-refractivity contribution < 1.29 is 18.0 Å². The molecule has 0 saturated carbocycles. The summed E-state index contributed by atoms with van der Waals surface area (Å²) in [7, 11) is -3.54. The van der Waals surface area contributed by atoms with E-state index in [4.69, 9.17) is 0 Å². The van der Waals surface area contributed by atoms with Crippen molar-refractivity contribution in [2.75, 3.05) is 12.3 Å². The molecule has 0 N–H and O–H groups in total. The highest BCUT2D eigenvalue weighted by molar-refractivity contribution is 7.91. The van der Waals surface area contributed by atoms with Crippen molar-refractivity contribution in [2.45, 2.75) is 51.5 Å². The summed E-state index contributed by atoms with van der Waals surface area (Å²) in [6, 6.07) is 2.93. The fourth-order valence-electron chi connectivity index (χ4n) is 2.97. The Hall–Kier alpha value is -1.69.